The number of para-hydroxylation sites is 4. The van der Waals surface area contributed by atoms with Gasteiger partial charge in [-0.2, -0.15) is 9.97 Å². The largest absolute Gasteiger partial charge is 0.456 e. The van der Waals surface area contributed by atoms with E-state index in [-0.39, 0.29) is 5.92 Å². The molecule has 6 nitrogen and oxygen atoms in total. The fourth-order valence-corrected chi connectivity index (χ4v) is 10.3. The minimum Gasteiger partial charge on any atom is -0.456 e. The van der Waals surface area contributed by atoms with Crippen molar-refractivity contribution in [2.45, 2.75) is 5.92 Å². The first-order valence-corrected chi connectivity index (χ1v) is 21.1. The summed E-state index contributed by atoms with van der Waals surface area (Å²) >= 11 is 0. The van der Waals surface area contributed by atoms with Crippen molar-refractivity contribution < 1.29 is 4.42 Å². The first kappa shape index (κ1) is 33.5. The van der Waals surface area contributed by atoms with Gasteiger partial charge in [0.1, 0.15) is 11.2 Å². The topological polar surface area (TPSA) is 61.7 Å². The average molecular weight is 792 g/mol. The molecule has 1 atom stereocenters. The smallest absolute Gasteiger partial charge is 0.238 e. The van der Waals surface area contributed by atoms with Gasteiger partial charge >= 0.3 is 0 Å². The van der Waals surface area contributed by atoms with E-state index >= 15 is 0 Å². The molecule has 0 radical (unpaired) electrons. The molecule has 288 valence electrons. The predicted molar refractivity (Wildman–Crippen MR) is 253 cm³/mol. The van der Waals surface area contributed by atoms with Crippen LogP contribution < -0.4 is 0 Å². The van der Waals surface area contributed by atoms with Crippen molar-refractivity contribution in [2.24, 2.45) is 0 Å². The third-order valence-electron chi connectivity index (χ3n) is 13.0. The Kier molecular flexibility index (Phi) is 6.79. The van der Waals surface area contributed by atoms with Gasteiger partial charge in [0.25, 0.3) is 0 Å². The highest BCUT2D eigenvalue weighted by Crippen LogP contribution is 2.44. The minimum absolute atomic E-state index is 0.208. The zero-order valence-electron chi connectivity index (χ0n) is 33.2. The third kappa shape index (κ3) is 4.71. The molecule has 0 N–H and O–H groups in total. The van der Waals surface area contributed by atoms with Gasteiger partial charge in [0.15, 0.2) is 11.6 Å². The Morgan fingerprint density at radius 1 is 0.468 bits per heavy atom. The van der Waals surface area contributed by atoms with Crippen LogP contribution in [0, 0.1) is 0 Å². The lowest BCUT2D eigenvalue weighted by Crippen LogP contribution is -2.08. The number of furan rings is 1. The maximum atomic E-state index is 6.40. The first-order chi connectivity index (χ1) is 30.7. The van der Waals surface area contributed by atoms with E-state index in [4.69, 9.17) is 19.4 Å². The fraction of sp³-hybridized carbons (Fsp3) is 0.0179. The van der Waals surface area contributed by atoms with Crippen molar-refractivity contribution in [3.63, 3.8) is 0 Å². The molecular formula is C56H33N5O. The molecule has 1 unspecified atom stereocenters. The van der Waals surface area contributed by atoms with Crippen molar-refractivity contribution in [2.75, 3.05) is 0 Å². The van der Waals surface area contributed by atoms with Crippen molar-refractivity contribution in [3.8, 4) is 34.4 Å². The van der Waals surface area contributed by atoms with Gasteiger partial charge in [-0.15, -0.1) is 0 Å². The Bertz CT molecular complexity index is 3950. The van der Waals surface area contributed by atoms with Crippen LogP contribution in [0.2, 0.25) is 0 Å². The van der Waals surface area contributed by atoms with Crippen LogP contribution in [0.15, 0.2) is 198 Å². The second-order valence-electron chi connectivity index (χ2n) is 16.4. The molecule has 0 bridgehead atoms. The maximum Gasteiger partial charge on any atom is 0.238 e. The molecule has 0 saturated carbocycles. The van der Waals surface area contributed by atoms with Crippen molar-refractivity contribution in [1.82, 2.24) is 24.1 Å². The van der Waals surface area contributed by atoms with Gasteiger partial charge in [-0.1, -0.05) is 140 Å². The molecule has 12 aromatic rings. The summed E-state index contributed by atoms with van der Waals surface area (Å²) in [5.74, 6) is 2.00. The Morgan fingerprint density at radius 3 is 1.94 bits per heavy atom. The van der Waals surface area contributed by atoms with Crippen LogP contribution in [0.3, 0.4) is 0 Å². The van der Waals surface area contributed by atoms with E-state index in [2.05, 4.69) is 191 Å². The second kappa shape index (κ2) is 12.6. The van der Waals surface area contributed by atoms with Gasteiger partial charge in [0.2, 0.25) is 5.95 Å². The van der Waals surface area contributed by atoms with Crippen LogP contribution in [0.25, 0.3) is 117 Å². The zero-order chi connectivity index (χ0) is 40.5. The molecule has 62 heavy (non-hydrogen) atoms. The van der Waals surface area contributed by atoms with E-state index in [0.717, 1.165) is 82.4 Å². The van der Waals surface area contributed by atoms with Crippen LogP contribution in [0.4, 0.5) is 0 Å². The van der Waals surface area contributed by atoms with Crippen molar-refractivity contribution in [3.05, 3.63) is 205 Å². The van der Waals surface area contributed by atoms with Crippen LogP contribution >= 0.6 is 0 Å². The summed E-state index contributed by atoms with van der Waals surface area (Å²) in [6, 6.07) is 58.0. The fourth-order valence-electron chi connectivity index (χ4n) is 10.3. The number of aromatic nitrogens is 5. The molecule has 0 aliphatic heterocycles. The van der Waals surface area contributed by atoms with Gasteiger partial charge in [-0.05, 0) is 76.0 Å². The molecule has 0 saturated heterocycles. The summed E-state index contributed by atoms with van der Waals surface area (Å²) in [6.07, 6.45) is 11.1. The van der Waals surface area contributed by atoms with Gasteiger partial charge in [0, 0.05) is 61.1 Å². The summed E-state index contributed by atoms with van der Waals surface area (Å²) < 4.78 is 10.9. The summed E-state index contributed by atoms with van der Waals surface area (Å²) in [7, 11) is 0. The Hall–Kier alpha value is -8.35. The molecule has 14 rings (SSSR count). The molecule has 8 aromatic carbocycles. The van der Waals surface area contributed by atoms with Gasteiger partial charge in [-0.25, -0.2) is 4.98 Å². The molecule has 0 fully saturated rings. The van der Waals surface area contributed by atoms with E-state index in [1.54, 1.807) is 0 Å². The van der Waals surface area contributed by atoms with Gasteiger partial charge in [-0.3, -0.25) is 4.57 Å². The highest BCUT2D eigenvalue weighted by molar-refractivity contribution is 6.12. The molecule has 2 aliphatic carbocycles. The van der Waals surface area contributed by atoms with E-state index in [1.165, 1.54) is 27.5 Å². The number of hydrogen-bond acceptors (Lipinski definition) is 4. The Balaban J connectivity index is 1.03. The van der Waals surface area contributed by atoms with Gasteiger partial charge in [0.05, 0.1) is 22.1 Å². The lowest BCUT2D eigenvalue weighted by molar-refractivity contribution is 0.668. The Labute approximate surface area is 354 Å². The zero-order valence-corrected chi connectivity index (χ0v) is 33.2. The number of nitrogens with zero attached hydrogens (tertiary/aromatic N) is 5. The van der Waals surface area contributed by atoms with Crippen LogP contribution in [0.5, 0.6) is 0 Å². The monoisotopic (exact) mass is 791 g/mol. The number of fused-ring (bicyclic) bond motifs is 11. The number of allylic oxidation sites excluding steroid dienone is 5. The molecule has 4 heterocycles. The highest BCUT2D eigenvalue weighted by Gasteiger charge is 2.25. The molecule has 4 aromatic heterocycles. The summed E-state index contributed by atoms with van der Waals surface area (Å²) in [5, 5.41) is 9.20. The number of rotatable bonds is 4. The standard InChI is InChI=1S/C56H33N5O/c1-2-13-37-33(12-1)30-34-24-28-46(45-19-11-18-44(37)53(34)45)55-57-54(58-56(59-55)61-48-21-8-4-14-38(48)39-15-5-9-22-49(39)61)35-25-27-41-40-16-3-7-20-47(40)60(50(41)31-35)36-26-29-43-42-17-6-10-23-51(42)62-52(43)32-36/h1-32,37H. The highest BCUT2D eigenvalue weighted by atomic mass is 16.3. The van der Waals surface area contributed by atoms with Crippen LogP contribution in [-0.2, 0) is 0 Å². The van der Waals surface area contributed by atoms with Crippen molar-refractivity contribution in [1.29, 1.82) is 0 Å². The van der Waals surface area contributed by atoms with E-state index in [0.29, 0.717) is 17.6 Å². The molecule has 0 amide bonds. The van der Waals surface area contributed by atoms with Crippen molar-refractivity contribution >= 4 is 82.4 Å². The average Bonchev–Trinajstić information content (AvgIpc) is 3.99. The molecule has 0 spiro atoms. The molecule has 6 heteroatoms. The lowest BCUT2D eigenvalue weighted by Gasteiger charge is -2.26. The number of hydrogen-bond donors (Lipinski definition) is 0. The SMILES string of the molecule is C1=CC2=Cc3ccc(-c4nc(-c5ccc6c7ccccc7n(-c7ccc8c(c7)oc7ccccc78)c6c5)nc(-n5c6ccccc6c6ccccc65)n4)c4cccc(c34)C2C=C1. The first-order valence-electron chi connectivity index (χ1n) is 21.1. The quantitative estimate of drug-likeness (QED) is 0.178. The van der Waals surface area contributed by atoms with E-state index in [9.17, 15) is 0 Å². The predicted octanol–water partition coefficient (Wildman–Crippen LogP) is 14.1. The third-order valence-corrected chi connectivity index (χ3v) is 13.0. The summed E-state index contributed by atoms with van der Waals surface area (Å²) in [5.41, 5.74) is 12.7. The van der Waals surface area contributed by atoms with E-state index < -0.39 is 0 Å². The minimum atomic E-state index is 0.208. The molecular weight excluding hydrogens is 759 g/mol. The number of benzene rings is 8. The normalized spacial score (nSPS) is 14.6. The van der Waals surface area contributed by atoms with Crippen LogP contribution in [-0.4, -0.2) is 24.1 Å². The maximum absolute atomic E-state index is 6.40. The summed E-state index contributed by atoms with van der Waals surface area (Å²) in [6.45, 7) is 0. The summed E-state index contributed by atoms with van der Waals surface area (Å²) in [4.78, 5) is 16.2. The molecule has 2 aliphatic rings. The van der Waals surface area contributed by atoms with Crippen LogP contribution in [0.1, 0.15) is 17.0 Å². The Morgan fingerprint density at radius 2 is 1.13 bits per heavy atom. The van der Waals surface area contributed by atoms with E-state index in [1.807, 2.05) is 12.1 Å². The lowest BCUT2D eigenvalue weighted by atomic mass is 9.78. The second-order valence-corrected chi connectivity index (χ2v) is 16.4. The van der Waals surface area contributed by atoms with Gasteiger partial charge < -0.3 is 8.98 Å².